The maximum Gasteiger partial charge on any atom is 0.324 e. The van der Waals surface area contributed by atoms with Crippen molar-refractivity contribution in [2.45, 2.75) is 43.0 Å². The first kappa shape index (κ1) is 42.4. The molecule has 0 aliphatic carbocycles. The lowest BCUT2D eigenvalue weighted by Crippen LogP contribution is -2.64. The third-order valence-corrected chi connectivity index (χ3v) is 14.3. The van der Waals surface area contributed by atoms with Gasteiger partial charge in [-0.3, -0.25) is 24.2 Å². The number of aliphatic imine (C=N–C) groups is 1. The van der Waals surface area contributed by atoms with E-state index in [-0.39, 0.29) is 25.0 Å². The molecule has 6 atom stereocenters. The van der Waals surface area contributed by atoms with Crippen LogP contribution in [0.2, 0.25) is 0 Å². The molecule has 5 aliphatic rings. The third kappa shape index (κ3) is 7.05. The molecule has 4 bridgehead atoms. The van der Waals surface area contributed by atoms with Gasteiger partial charge in [0.25, 0.3) is 0 Å². The molecule has 0 spiro atoms. The second-order valence-electron chi connectivity index (χ2n) is 17.9. The zero-order chi connectivity index (χ0) is 45.8. The van der Waals surface area contributed by atoms with Crippen molar-refractivity contribution in [1.82, 2.24) is 9.80 Å². The number of aliphatic hydroxyl groups excluding tert-OH is 1. The van der Waals surface area contributed by atoms with Crippen LogP contribution < -0.4 is 19.3 Å². The summed E-state index contributed by atoms with van der Waals surface area (Å²) in [5.41, 5.74) is 6.79. The number of hydrogen-bond acceptors (Lipinski definition) is 10. The number of esters is 1. The van der Waals surface area contributed by atoms with E-state index in [0.29, 0.717) is 49.9 Å². The highest BCUT2D eigenvalue weighted by molar-refractivity contribution is 6.27. The van der Waals surface area contributed by atoms with Crippen LogP contribution in [0.4, 0.5) is 17.1 Å². The van der Waals surface area contributed by atoms with Crippen molar-refractivity contribution in [3.63, 3.8) is 0 Å². The fourth-order valence-corrected chi connectivity index (χ4v) is 11.4. The van der Waals surface area contributed by atoms with E-state index in [9.17, 15) is 9.90 Å². The Morgan fingerprint density at radius 3 is 2.04 bits per heavy atom. The fourth-order valence-electron chi connectivity index (χ4n) is 11.4. The molecule has 4 fully saturated rings. The first-order valence-electron chi connectivity index (χ1n) is 23.0. The normalized spacial score (nSPS) is 24.1. The van der Waals surface area contributed by atoms with E-state index in [2.05, 4.69) is 52.3 Å². The molecule has 5 aliphatic heterocycles. The van der Waals surface area contributed by atoms with Gasteiger partial charge in [-0.1, -0.05) is 97.1 Å². The summed E-state index contributed by atoms with van der Waals surface area (Å²) >= 11 is 0. The van der Waals surface area contributed by atoms with E-state index in [1.807, 2.05) is 114 Å². The van der Waals surface area contributed by atoms with Crippen molar-refractivity contribution >= 4 is 40.7 Å². The molecule has 0 aromatic heterocycles. The number of carbonyl (C=O) groups is 3. The van der Waals surface area contributed by atoms with Crippen LogP contribution in [-0.2, 0) is 31.1 Å². The topological polar surface area (TPSA) is 124 Å². The number of morpholine rings is 1. The molecule has 0 unspecified atom stereocenters. The van der Waals surface area contributed by atoms with Gasteiger partial charge in [-0.15, -0.1) is 0 Å². The Morgan fingerprint density at radius 2 is 1.39 bits per heavy atom. The molecule has 0 saturated carbocycles. The van der Waals surface area contributed by atoms with Gasteiger partial charge < -0.3 is 29.1 Å². The van der Waals surface area contributed by atoms with E-state index < -0.39 is 41.5 Å². The van der Waals surface area contributed by atoms with Crippen LogP contribution in [0.1, 0.15) is 58.4 Å². The Balaban J connectivity index is 1.14. The predicted molar refractivity (Wildman–Crippen MR) is 255 cm³/mol. The molecule has 12 nitrogen and oxygen atoms in total. The van der Waals surface area contributed by atoms with E-state index in [0.717, 1.165) is 50.5 Å². The summed E-state index contributed by atoms with van der Waals surface area (Å²) in [5.74, 6) is -0.230. The molecule has 12 heteroatoms. The number of nitrogens with zero attached hydrogens (tertiary/aromatic N) is 5. The van der Waals surface area contributed by atoms with Gasteiger partial charge in [0.1, 0.15) is 41.6 Å². The van der Waals surface area contributed by atoms with Crippen LogP contribution in [-0.4, -0.2) is 91.1 Å². The summed E-state index contributed by atoms with van der Waals surface area (Å²) in [6, 6.07) is 48.7. The third-order valence-electron chi connectivity index (χ3n) is 14.3. The number of aliphatic hydroxyl groups is 1. The average molecular weight is 894 g/mol. The van der Waals surface area contributed by atoms with Gasteiger partial charge in [-0.25, -0.2) is 4.99 Å². The van der Waals surface area contributed by atoms with Crippen LogP contribution in [0, 0.1) is 5.92 Å². The van der Waals surface area contributed by atoms with E-state index in [1.165, 1.54) is 0 Å². The maximum absolute atomic E-state index is 16.0. The minimum absolute atomic E-state index is 0.0703. The van der Waals surface area contributed by atoms with Crippen LogP contribution in [0.3, 0.4) is 0 Å². The second-order valence-corrected chi connectivity index (χ2v) is 17.9. The summed E-state index contributed by atoms with van der Waals surface area (Å²) in [6.45, 7) is 4.25. The highest BCUT2D eigenvalue weighted by Gasteiger charge is 2.76. The molecule has 0 radical (unpaired) electrons. The number of rotatable bonds is 11. The van der Waals surface area contributed by atoms with Gasteiger partial charge in [0.15, 0.2) is 0 Å². The number of hydrogen-bond donors (Lipinski definition) is 1. The predicted octanol–water partition coefficient (Wildman–Crippen LogP) is 7.73. The zero-order valence-corrected chi connectivity index (χ0v) is 37.4. The van der Waals surface area contributed by atoms with Gasteiger partial charge >= 0.3 is 5.97 Å². The Labute approximate surface area is 389 Å². The molecule has 11 rings (SSSR count). The minimum atomic E-state index is -1.21. The average Bonchev–Trinajstić information content (AvgIpc) is 3.66. The lowest BCUT2D eigenvalue weighted by molar-refractivity contribution is -0.179. The molecular weight excluding hydrogens is 843 g/mol. The van der Waals surface area contributed by atoms with Crippen molar-refractivity contribution in [3.8, 4) is 11.5 Å². The molecular formula is C55H51N5O7. The number of methoxy groups -OCH3 is 1. The smallest absolute Gasteiger partial charge is 0.324 e. The van der Waals surface area contributed by atoms with Crippen molar-refractivity contribution in [1.29, 1.82) is 0 Å². The Bertz CT molecular complexity index is 2850. The monoisotopic (exact) mass is 893 g/mol. The van der Waals surface area contributed by atoms with Crippen LogP contribution >= 0.6 is 0 Å². The van der Waals surface area contributed by atoms with Crippen molar-refractivity contribution in [2.75, 3.05) is 56.3 Å². The van der Waals surface area contributed by atoms with Crippen LogP contribution in [0.5, 0.6) is 11.5 Å². The van der Waals surface area contributed by atoms with E-state index in [4.69, 9.17) is 19.2 Å². The van der Waals surface area contributed by atoms with Gasteiger partial charge in [0.05, 0.1) is 37.1 Å². The SMILES string of the molecule is COc1ccc(Cc2ccc3c(c2)[C@H]2[C@H]4C(=O)N(c5ccc(N6CCN(C(C)=O)CC6)cc5)C(=N3)[C@@]2(c2ccc(OCCO)cc2)N2[C@H](c3ccccc3)[C@H](c3ccccc3)OC(=O)[C@@H]42)cc1. The number of carbonyl (C=O) groups excluding carboxylic acids is 3. The largest absolute Gasteiger partial charge is 0.497 e. The summed E-state index contributed by atoms with van der Waals surface area (Å²) in [7, 11) is 1.66. The van der Waals surface area contributed by atoms with E-state index >= 15 is 9.59 Å². The Hall–Kier alpha value is -7.28. The number of piperidine rings is 1. The number of cyclic esters (lactones) is 1. The summed E-state index contributed by atoms with van der Waals surface area (Å²) < 4.78 is 18.1. The van der Waals surface area contributed by atoms with Gasteiger partial charge in [-0.05, 0) is 94.4 Å². The Morgan fingerprint density at radius 1 is 0.746 bits per heavy atom. The maximum atomic E-state index is 16.0. The first-order valence-corrected chi connectivity index (χ1v) is 23.0. The quantitative estimate of drug-likeness (QED) is 0.130. The van der Waals surface area contributed by atoms with Crippen molar-refractivity contribution in [3.05, 3.63) is 185 Å². The molecule has 4 saturated heterocycles. The number of benzene rings is 6. The van der Waals surface area contributed by atoms with Gasteiger partial charge in [-0.2, -0.15) is 0 Å². The lowest BCUT2D eigenvalue weighted by atomic mass is 9.64. The van der Waals surface area contributed by atoms with Crippen molar-refractivity contribution < 1.29 is 33.7 Å². The zero-order valence-electron chi connectivity index (χ0n) is 37.4. The number of piperazine rings is 1. The van der Waals surface area contributed by atoms with Crippen LogP contribution in [0.25, 0.3) is 0 Å². The number of anilines is 2. The lowest BCUT2D eigenvalue weighted by Gasteiger charge is -2.54. The summed E-state index contributed by atoms with van der Waals surface area (Å²) in [4.78, 5) is 57.2. The first-order chi connectivity index (χ1) is 32.8. The van der Waals surface area contributed by atoms with Crippen molar-refractivity contribution in [2.24, 2.45) is 10.9 Å². The number of ether oxygens (including phenoxy) is 3. The highest BCUT2D eigenvalue weighted by Crippen LogP contribution is 2.68. The molecule has 5 heterocycles. The highest BCUT2D eigenvalue weighted by atomic mass is 16.6. The number of amidine groups is 1. The molecule has 6 aromatic carbocycles. The van der Waals surface area contributed by atoms with Crippen LogP contribution in [0.15, 0.2) is 157 Å². The Kier molecular flexibility index (Phi) is 10.9. The second kappa shape index (κ2) is 17.2. The molecule has 67 heavy (non-hydrogen) atoms. The van der Waals surface area contributed by atoms with Gasteiger partial charge in [0.2, 0.25) is 11.8 Å². The summed E-state index contributed by atoms with van der Waals surface area (Å²) in [6.07, 6.45) is -0.104. The summed E-state index contributed by atoms with van der Waals surface area (Å²) in [5, 5.41) is 9.65. The minimum Gasteiger partial charge on any atom is -0.497 e. The van der Waals surface area contributed by atoms with Gasteiger partial charge in [0, 0.05) is 44.7 Å². The van der Waals surface area contributed by atoms with E-state index in [1.54, 1.807) is 18.9 Å². The molecule has 338 valence electrons. The molecule has 2 amide bonds. The number of fused-ring (bicyclic) bond motifs is 3. The standard InChI is InChI=1S/C55H51N5O7/c1-35(62)57-27-29-58(30-28-57)41-18-20-42(21-19-41)59-52(63)47-48-45-34-37(33-36-13-22-43(65-2)23-14-36)15-26-46(45)56-54(59)55(48,40-16-24-44(25-17-40)66-32-31-61)60-49(38-9-5-3-6-10-38)51(67-53(64)50(47)60)39-11-7-4-8-12-39/h3-26,34,47-51,61H,27-33H2,1-2H3/t47-,48+,49-,50-,51+,55+/m1/s1. The molecule has 6 aromatic rings. The fraction of sp³-hybridized carbons (Fsp3) is 0.273. The number of amides is 2. The molecule has 1 N–H and O–H groups in total.